The first-order valence-electron chi connectivity index (χ1n) is 7.20. The second-order valence-electron chi connectivity index (χ2n) is 5.52. The average molecular weight is 294 g/mol. The Bertz CT molecular complexity index is 983. The van der Waals surface area contributed by atoms with Gasteiger partial charge in [0.05, 0.1) is 28.0 Å². The van der Waals surface area contributed by atoms with Crippen molar-refractivity contribution < 1.29 is 4.39 Å². The van der Waals surface area contributed by atoms with Crippen molar-refractivity contribution in [1.29, 1.82) is 0 Å². The zero-order valence-corrected chi connectivity index (χ0v) is 12.3. The number of imidazole rings is 2. The number of aryl methyl sites for hydroxylation is 1. The maximum absolute atomic E-state index is 13.3. The lowest BCUT2D eigenvalue weighted by Crippen LogP contribution is -2.06. The van der Waals surface area contributed by atoms with Gasteiger partial charge >= 0.3 is 0 Å². The van der Waals surface area contributed by atoms with Crippen molar-refractivity contribution in [2.45, 2.75) is 12.8 Å². The van der Waals surface area contributed by atoms with Gasteiger partial charge in [0, 0.05) is 7.05 Å². The maximum atomic E-state index is 13.3. The molecule has 2 aromatic heterocycles. The van der Waals surface area contributed by atoms with Gasteiger partial charge in [0.1, 0.15) is 17.5 Å². The summed E-state index contributed by atoms with van der Waals surface area (Å²) >= 11 is 0. The molecule has 4 rings (SSSR count). The number of halogens is 1. The van der Waals surface area contributed by atoms with Gasteiger partial charge in [-0.25, -0.2) is 14.4 Å². The molecule has 1 unspecified atom stereocenters. The molecule has 110 valence electrons. The summed E-state index contributed by atoms with van der Waals surface area (Å²) in [6, 6.07) is 12.6. The lowest BCUT2D eigenvalue weighted by atomic mass is 10.1. The molecule has 2 aromatic carbocycles. The molecule has 5 heteroatoms. The number of rotatable bonds is 2. The highest BCUT2D eigenvalue weighted by Gasteiger charge is 2.19. The molecular weight excluding hydrogens is 279 g/mol. The molecule has 0 amide bonds. The molecule has 1 atom stereocenters. The highest BCUT2D eigenvalue weighted by Crippen LogP contribution is 2.26. The van der Waals surface area contributed by atoms with Gasteiger partial charge in [-0.05, 0) is 37.3 Å². The lowest BCUT2D eigenvalue weighted by Gasteiger charge is -2.08. The molecule has 4 aromatic rings. The summed E-state index contributed by atoms with van der Waals surface area (Å²) < 4.78 is 15.4. The molecule has 22 heavy (non-hydrogen) atoms. The van der Waals surface area contributed by atoms with Gasteiger partial charge in [0.2, 0.25) is 0 Å². The van der Waals surface area contributed by atoms with Crippen LogP contribution in [0.4, 0.5) is 4.39 Å². The van der Waals surface area contributed by atoms with Crippen molar-refractivity contribution in [1.82, 2.24) is 19.5 Å². The zero-order valence-electron chi connectivity index (χ0n) is 12.3. The van der Waals surface area contributed by atoms with Crippen LogP contribution in [0.15, 0.2) is 42.5 Å². The third-order valence-electron chi connectivity index (χ3n) is 4.08. The van der Waals surface area contributed by atoms with Crippen LogP contribution in [-0.4, -0.2) is 19.5 Å². The van der Waals surface area contributed by atoms with Crippen LogP contribution < -0.4 is 0 Å². The quantitative estimate of drug-likeness (QED) is 0.612. The van der Waals surface area contributed by atoms with Crippen molar-refractivity contribution in [3.8, 4) is 0 Å². The first-order chi connectivity index (χ1) is 10.6. The standard InChI is InChI=1S/C17H15FN4/c1-10(16-19-12-8-7-11(18)9-14(12)20-16)17-21-13-5-3-4-6-15(13)22(17)2/h3-10H,1-2H3,(H,19,20). The molecule has 2 heterocycles. The summed E-state index contributed by atoms with van der Waals surface area (Å²) in [5, 5.41) is 0. The number of aromatic nitrogens is 4. The second kappa shape index (κ2) is 4.66. The van der Waals surface area contributed by atoms with Crippen molar-refractivity contribution >= 4 is 22.1 Å². The Labute approximate surface area is 126 Å². The first kappa shape index (κ1) is 13.0. The Morgan fingerprint density at radius 3 is 2.73 bits per heavy atom. The monoisotopic (exact) mass is 294 g/mol. The first-order valence-corrected chi connectivity index (χ1v) is 7.20. The van der Waals surface area contributed by atoms with Crippen molar-refractivity contribution in [2.75, 3.05) is 0 Å². The maximum Gasteiger partial charge on any atom is 0.125 e. The minimum absolute atomic E-state index is 0.00661. The third kappa shape index (κ3) is 1.89. The van der Waals surface area contributed by atoms with Gasteiger partial charge in [-0.3, -0.25) is 0 Å². The van der Waals surface area contributed by atoms with E-state index in [-0.39, 0.29) is 11.7 Å². The van der Waals surface area contributed by atoms with E-state index in [9.17, 15) is 4.39 Å². The predicted molar refractivity (Wildman–Crippen MR) is 84.3 cm³/mol. The number of aromatic amines is 1. The molecule has 0 aliphatic carbocycles. The molecule has 4 nitrogen and oxygen atoms in total. The summed E-state index contributed by atoms with van der Waals surface area (Å²) in [6.45, 7) is 2.05. The second-order valence-corrected chi connectivity index (χ2v) is 5.52. The number of H-pyrrole nitrogens is 1. The van der Waals surface area contributed by atoms with E-state index >= 15 is 0 Å². The number of fused-ring (bicyclic) bond motifs is 2. The predicted octanol–water partition coefficient (Wildman–Crippen LogP) is 3.74. The van der Waals surface area contributed by atoms with Gasteiger partial charge in [0.15, 0.2) is 0 Å². The average Bonchev–Trinajstić information content (AvgIpc) is 3.08. The van der Waals surface area contributed by atoms with Crippen LogP contribution in [0.1, 0.15) is 24.5 Å². The SMILES string of the molecule is CC(c1nc2ccc(F)cc2[nH]1)c1nc2ccccc2n1C. The van der Waals surface area contributed by atoms with Crippen molar-refractivity contribution in [3.05, 3.63) is 59.9 Å². The number of hydrogen-bond acceptors (Lipinski definition) is 2. The minimum Gasteiger partial charge on any atom is -0.341 e. The lowest BCUT2D eigenvalue weighted by molar-refractivity contribution is 0.629. The van der Waals surface area contributed by atoms with E-state index in [1.807, 2.05) is 31.3 Å². The fraction of sp³-hybridized carbons (Fsp3) is 0.176. The number of nitrogens with zero attached hydrogens (tertiary/aromatic N) is 3. The number of nitrogens with one attached hydrogen (secondary N) is 1. The van der Waals surface area contributed by atoms with Gasteiger partial charge in [0.25, 0.3) is 0 Å². The van der Waals surface area contributed by atoms with Gasteiger partial charge < -0.3 is 9.55 Å². The summed E-state index contributed by atoms with van der Waals surface area (Å²) in [6.07, 6.45) is 0. The summed E-state index contributed by atoms with van der Waals surface area (Å²) in [4.78, 5) is 12.5. The molecular formula is C17H15FN4. The van der Waals surface area contributed by atoms with E-state index in [0.29, 0.717) is 5.52 Å². The highest BCUT2D eigenvalue weighted by molar-refractivity contribution is 5.77. The van der Waals surface area contributed by atoms with Crippen LogP contribution in [0.2, 0.25) is 0 Å². The molecule has 0 bridgehead atoms. The number of hydrogen-bond donors (Lipinski definition) is 1. The zero-order chi connectivity index (χ0) is 15.3. The van der Waals surface area contributed by atoms with E-state index in [0.717, 1.165) is 28.2 Å². The van der Waals surface area contributed by atoms with Crippen molar-refractivity contribution in [3.63, 3.8) is 0 Å². The molecule has 0 aliphatic rings. The highest BCUT2D eigenvalue weighted by atomic mass is 19.1. The van der Waals surface area contributed by atoms with Crippen molar-refractivity contribution in [2.24, 2.45) is 7.05 Å². The topological polar surface area (TPSA) is 46.5 Å². The Morgan fingerprint density at radius 1 is 1.09 bits per heavy atom. The summed E-state index contributed by atoms with van der Waals surface area (Å²) in [7, 11) is 2.00. The van der Waals surface area contributed by atoms with Crippen LogP contribution in [0.5, 0.6) is 0 Å². The molecule has 0 saturated carbocycles. The van der Waals surface area contributed by atoms with Gasteiger partial charge in [-0.15, -0.1) is 0 Å². The Hall–Kier alpha value is -2.69. The summed E-state index contributed by atoms with van der Waals surface area (Å²) in [5.74, 6) is 1.45. The molecule has 0 fully saturated rings. The Balaban J connectivity index is 1.84. The molecule has 0 saturated heterocycles. The van der Waals surface area contributed by atoms with Crippen LogP contribution in [0, 0.1) is 5.82 Å². The molecule has 0 spiro atoms. The van der Waals surface area contributed by atoms with Crippen LogP contribution in [-0.2, 0) is 7.05 Å². The van der Waals surface area contributed by atoms with E-state index in [1.165, 1.54) is 12.1 Å². The molecule has 1 N–H and O–H groups in total. The Kier molecular flexibility index (Phi) is 2.76. The van der Waals surface area contributed by atoms with Crippen LogP contribution in [0.3, 0.4) is 0 Å². The summed E-state index contributed by atoms with van der Waals surface area (Å²) in [5.41, 5.74) is 3.53. The minimum atomic E-state index is -0.266. The molecule has 0 aliphatic heterocycles. The van der Waals surface area contributed by atoms with E-state index in [2.05, 4.69) is 21.5 Å². The van der Waals surface area contributed by atoms with Gasteiger partial charge in [-0.2, -0.15) is 0 Å². The molecule has 0 radical (unpaired) electrons. The Morgan fingerprint density at radius 2 is 1.91 bits per heavy atom. The van der Waals surface area contributed by atoms with Gasteiger partial charge in [-0.1, -0.05) is 12.1 Å². The third-order valence-corrected chi connectivity index (χ3v) is 4.08. The van der Waals surface area contributed by atoms with E-state index < -0.39 is 0 Å². The number of benzene rings is 2. The van der Waals surface area contributed by atoms with E-state index in [4.69, 9.17) is 4.98 Å². The fourth-order valence-electron chi connectivity index (χ4n) is 2.88. The van der Waals surface area contributed by atoms with E-state index in [1.54, 1.807) is 6.07 Å². The van der Waals surface area contributed by atoms with Crippen LogP contribution in [0.25, 0.3) is 22.1 Å². The smallest absolute Gasteiger partial charge is 0.125 e. The normalized spacial score (nSPS) is 13.0. The largest absolute Gasteiger partial charge is 0.341 e. The fourth-order valence-corrected chi connectivity index (χ4v) is 2.88. The van der Waals surface area contributed by atoms with Crippen LogP contribution >= 0.6 is 0 Å². The number of para-hydroxylation sites is 2.